The monoisotopic (exact) mass is 908 g/mol. The van der Waals surface area contributed by atoms with E-state index >= 15 is 0 Å². The van der Waals surface area contributed by atoms with Crippen LogP contribution in [0.15, 0.2) is 93.9 Å². The summed E-state index contributed by atoms with van der Waals surface area (Å²) in [6.07, 6.45) is -1.93. The fourth-order valence-electron chi connectivity index (χ4n) is 6.61. The number of halogens is 6. The van der Waals surface area contributed by atoms with Gasteiger partial charge in [-0.1, -0.05) is 55.1 Å². The van der Waals surface area contributed by atoms with Crippen molar-refractivity contribution in [1.82, 2.24) is 10.6 Å². The van der Waals surface area contributed by atoms with Gasteiger partial charge in [0.2, 0.25) is 0 Å². The van der Waals surface area contributed by atoms with Crippen LogP contribution in [0.5, 0.6) is 11.5 Å². The Morgan fingerprint density at radius 1 is 0.630 bits per heavy atom. The molecule has 0 radical (unpaired) electrons. The first-order valence-corrected chi connectivity index (χ1v) is 18.8. The molecule has 7 rings (SSSR count). The van der Waals surface area contributed by atoms with Crippen LogP contribution in [0.4, 0.5) is 8.78 Å². The lowest BCUT2D eigenvalue weighted by Gasteiger charge is -2.59. The van der Waals surface area contributed by atoms with E-state index in [1.54, 1.807) is 48.5 Å². The summed E-state index contributed by atoms with van der Waals surface area (Å²) < 4.78 is 52.9. The minimum Gasteiger partial charge on any atom is -0.484 e. The largest absolute Gasteiger partial charge is 0.484 e. The molecule has 2 bridgehead atoms. The number of amides is 2. The lowest BCUT2D eigenvalue weighted by molar-refractivity contribution is -0.155. The predicted octanol–water partition coefficient (Wildman–Crippen LogP) is 8.00. The molecule has 0 aromatic heterocycles. The normalized spacial score (nSPS) is 21.4. The average Bonchev–Trinajstić information content (AvgIpc) is 3.14. The number of hydrogen-bond acceptors (Lipinski definition) is 8. The lowest BCUT2D eigenvalue weighted by atomic mass is 9.58. The zero-order chi connectivity index (χ0) is 38.6. The first-order valence-electron chi connectivity index (χ1n) is 16.4. The Morgan fingerprint density at radius 2 is 1.00 bits per heavy atom. The molecule has 3 fully saturated rings. The Kier molecular flexibility index (Phi) is 12.2. The van der Waals surface area contributed by atoms with Gasteiger partial charge in [-0.25, -0.2) is 18.4 Å². The zero-order valence-corrected chi connectivity index (χ0v) is 32.7. The number of carbonyl (C=O) groups is 4. The van der Waals surface area contributed by atoms with Crippen LogP contribution < -0.4 is 20.1 Å². The van der Waals surface area contributed by atoms with Gasteiger partial charge < -0.3 is 29.6 Å². The fraction of sp³-hybridized carbons (Fsp3) is 0.263. The highest BCUT2D eigenvalue weighted by Gasteiger charge is 2.63. The quantitative estimate of drug-likeness (QED) is 0.137. The minimum atomic E-state index is -1.30. The molecular formula is C38H30Br2Cl2F2N2O8. The number of ether oxygens (including phenoxy) is 4. The maximum atomic E-state index is 14.0. The summed E-state index contributed by atoms with van der Waals surface area (Å²) in [5.41, 5.74) is -2.14. The van der Waals surface area contributed by atoms with Crippen LogP contribution >= 0.6 is 55.1 Å². The first kappa shape index (κ1) is 39.5. The van der Waals surface area contributed by atoms with Crippen LogP contribution in [-0.4, -0.2) is 60.3 Å². The number of benzene rings is 4. The number of hydrogen-bond donors (Lipinski definition) is 2. The molecule has 10 nitrogen and oxygen atoms in total. The Hall–Kier alpha value is -4.24. The molecule has 3 aliphatic carbocycles. The third kappa shape index (κ3) is 9.16. The second-order valence-electron chi connectivity index (χ2n) is 12.8. The van der Waals surface area contributed by atoms with E-state index in [-0.39, 0.29) is 58.4 Å². The van der Waals surface area contributed by atoms with Gasteiger partial charge in [0.15, 0.2) is 13.2 Å². The van der Waals surface area contributed by atoms with E-state index in [0.717, 1.165) is 21.1 Å². The van der Waals surface area contributed by atoms with Crippen LogP contribution in [0.3, 0.4) is 0 Å². The third-order valence-electron chi connectivity index (χ3n) is 9.31. The van der Waals surface area contributed by atoms with Crippen LogP contribution in [0, 0.1) is 11.6 Å². The summed E-state index contributed by atoms with van der Waals surface area (Å²) >= 11 is 18.2. The topological polar surface area (TPSA) is 129 Å². The van der Waals surface area contributed by atoms with Crippen LogP contribution in [0.2, 0.25) is 10.0 Å². The van der Waals surface area contributed by atoms with Gasteiger partial charge in [-0.3, -0.25) is 9.59 Å². The van der Waals surface area contributed by atoms with E-state index in [0.29, 0.717) is 0 Å². The molecule has 3 aliphatic rings. The molecule has 4 aromatic rings. The van der Waals surface area contributed by atoms with Crippen molar-refractivity contribution in [2.45, 2.75) is 49.0 Å². The molecule has 4 atom stereocenters. The average molecular weight is 911 g/mol. The summed E-state index contributed by atoms with van der Waals surface area (Å²) in [6, 6.07) is 20.4. The maximum absolute atomic E-state index is 14.0. The number of rotatable bonds is 12. The molecule has 2 amide bonds. The summed E-state index contributed by atoms with van der Waals surface area (Å²) in [4.78, 5) is 54.2. The SMILES string of the molecule is O=C(COc1ccc(Cl)c(F)c1)NC12CCC(NC(=O)COc3ccc(Cl)c(F)c3)(CC1OC(=O)c1ccc(Br)cc1)C(OC(=O)c1ccc(Br)cc1)C2. The van der Waals surface area contributed by atoms with E-state index in [9.17, 15) is 28.0 Å². The second kappa shape index (κ2) is 16.6. The molecule has 282 valence electrons. The molecule has 2 N–H and O–H groups in total. The molecule has 4 aromatic carbocycles. The lowest BCUT2D eigenvalue weighted by Crippen LogP contribution is -2.76. The Morgan fingerprint density at radius 3 is 1.35 bits per heavy atom. The van der Waals surface area contributed by atoms with Crippen molar-refractivity contribution < 1.29 is 46.9 Å². The maximum Gasteiger partial charge on any atom is 0.338 e. The molecule has 0 spiro atoms. The van der Waals surface area contributed by atoms with Crippen LogP contribution in [-0.2, 0) is 19.1 Å². The summed E-state index contributed by atoms with van der Waals surface area (Å²) in [5.74, 6) is -3.99. The van der Waals surface area contributed by atoms with Gasteiger partial charge in [0.25, 0.3) is 11.8 Å². The van der Waals surface area contributed by atoms with Crippen molar-refractivity contribution in [3.8, 4) is 11.5 Å². The van der Waals surface area contributed by atoms with Gasteiger partial charge in [0, 0.05) is 33.9 Å². The molecule has 4 unspecified atom stereocenters. The summed E-state index contributed by atoms with van der Waals surface area (Å²) in [5, 5.41) is 5.69. The van der Waals surface area contributed by atoms with Crippen molar-refractivity contribution in [3.63, 3.8) is 0 Å². The highest BCUT2D eigenvalue weighted by Crippen LogP contribution is 2.50. The van der Waals surface area contributed by atoms with E-state index in [1.807, 2.05) is 0 Å². The Balaban J connectivity index is 1.29. The van der Waals surface area contributed by atoms with E-state index in [1.165, 1.54) is 24.3 Å². The van der Waals surface area contributed by atoms with E-state index < -0.39 is 71.9 Å². The highest BCUT2D eigenvalue weighted by atomic mass is 79.9. The van der Waals surface area contributed by atoms with Gasteiger partial charge in [-0.15, -0.1) is 0 Å². The summed E-state index contributed by atoms with van der Waals surface area (Å²) in [7, 11) is 0. The number of nitrogens with one attached hydrogen (secondary N) is 2. The number of fused-ring (bicyclic) bond motifs is 3. The number of carbonyl (C=O) groups excluding carboxylic acids is 4. The number of esters is 2. The van der Waals surface area contributed by atoms with Crippen molar-refractivity contribution >= 4 is 78.8 Å². The van der Waals surface area contributed by atoms with Gasteiger partial charge in [-0.05, 0) is 85.6 Å². The highest BCUT2D eigenvalue weighted by molar-refractivity contribution is 9.10. The molecule has 0 heterocycles. The first-order chi connectivity index (χ1) is 25.7. The van der Waals surface area contributed by atoms with Gasteiger partial charge in [-0.2, -0.15) is 0 Å². The predicted molar refractivity (Wildman–Crippen MR) is 201 cm³/mol. The molecule has 16 heteroatoms. The van der Waals surface area contributed by atoms with Crippen molar-refractivity contribution in [1.29, 1.82) is 0 Å². The smallest absolute Gasteiger partial charge is 0.338 e. The fourth-order valence-corrected chi connectivity index (χ4v) is 7.37. The molecule has 54 heavy (non-hydrogen) atoms. The van der Waals surface area contributed by atoms with Crippen molar-refractivity contribution in [3.05, 3.63) is 127 Å². The standard InChI is InChI=1S/C38H30Br2Cl2F2N2O8/c39-23-5-1-21(2-6-23)35(49)53-31-17-38(46-34(48)20-52-26-10-12-28(42)30(44)16-26)14-13-37(31,18-32(38)54-36(50)22-3-7-24(40)8-4-22)45-33(47)19-51-25-9-11-27(41)29(43)15-25/h1-12,15-16,31-32H,13-14,17-20H2,(H,45,47)(H,46,48). The van der Waals surface area contributed by atoms with Gasteiger partial charge in [0.05, 0.1) is 32.3 Å². The van der Waals surface area contributed by atoms with E-state index in [4.69, 9.17) is 42.1 Å². The molecular weight excluding hydrogens is 881 g/mol. The Labute approximate surface area is 335 Å². The van der Waals surface area contributed by atoms with Crippen LogP contribution in [0.1, 0.15) is 46.4 Å². The van der Waals surface area contributed by atoms with Crippen molar-refractivity contribution in [2.75, 3.05) is 13.2 Å². The third-order valence-corrected chi connectivity index (χ3v) is 11.0. The molecule has 0 aliphatic heterocycles. The minimum absolute atomic E-state index is 0.0571. The summed E-state index contributed by atoms with van der Waals surface area (Å²) in [6.45, 7) is -1.08. The van der Waals surface area contributed by atoms with Gasteiger partial charge in [0.1, 0.15) is 35.3 Å². The molecule has 3 saturated carbocycles. The second-order valence-corrected chi connectivity index (χ2v) is 15.5. The van der Waals surface area contributed by atoms with Gasteiger partial charge >= 0.3 is 11.9 Å². The molecule has 0 saturated heterocycles. The van der Waals surface area contributed by atoms with Crippen LogP contribution in [0.25, 0.3) is 0 Å². The van der Waals surface area contributed by atoms with E-state index in [2.05, 4.69) is 42.5 Å². The zero-order valence-electron chi connectivity index (χ0n) is 28.0. The Bertz CT molecular complexity index is 1930. The van der Waals surface area contributed by atoms with Crippen molar-refractivity contribution in [2.24, 2.45) is 0 Å².